The summed E-state index contributed by atoms with van der Waals surface area (Å²) in [7, 11) is 0. The van der Waals surface area contributed by atoms with E-state index in [0.29, 0.717) is 0 Å². The molecule has 1 nitrogen and oxygen atoms in total. The smallest absolute Gasteiger partial charge is 0.114 e. The van der Waals surface area contributed by atoms with Crippen LogP contribution in [0.4, 0.5) is 0 Å². The first-order chi connectivity index (χ1) is 8.67. The van der Waals surface area contributed by atoms with Crippen molar-refractivity contribution in [3.63, 3.8) is 0 Å². The van der Waals surface area contributed by atoms with Crippen molar-refractivity contribution < 1.29 is 5.11 Å². The van der Waals surface area contributed by atoms with Crippen molar-refractivity contribution >= 4 is 27.3 Å². The van der Waals surface area contributed by atoms with Gasteiger partial charge in [-0.2, -0.15) is 0 Å². The van der Waals surface area contributed by atoms with Crippen LogP contribution >= 0.6 is 27.3 Å². The van der Waals surface area contributed by atoms with Crippen LogP contribution in [0.15, 0.2) is 34.1 Å². The molecule has 0 saturated heterocycles. The van der Waals surface area contributed by atoms with E-state index < -0.39 is 6.10 Å². The fraction of sp³-hybridized carbons (Fsp3) is 0.333. The van der Waals surface area contributed by atoms with E-state index in [1.807, 2.05) is 17.5 Å². The zero-order valence-corrected chi connectivity index (χ0v) is 13.0. The second-order valence-electron chi connectivity index (χ2n) is 4.27. The molecule has 0 bridgehead atoms. The number of hydrogen-bond donors (Lipinski definition) is 1. The summed E-state index contributed by atoms with van der Waals surface area (Å²) in [5.41, 5.74) is 3.69. The number of aliphatic hydroxyl groups excluding tert-OH is 1. The molecule has 0 aliphatic rings. The van der Waals surface area contributed by atoms with Gasteiger partial charge >= 0.3 is 0 Å². The second-order valence-corrected chi connectivity index (χ2v) is 6.07. The number of aliphatic hydroxyl groups is 1. The molecule has 1 aromatic carbocycles. The van der Waals surface area contributed by atoms with Crippen LogP contribution in [0.25, 0.3) is 0 Å². The molecule has 3 heteroatoms. The Kier molecular flexibility index (Phi) is 4.60. The molecule has 0 aliphatic carbocycles. The van der Waals surface area contributed by atoms with Crippen LogP contribution in [-0.2, 0) is 12.8 Å². The maximum atomic E-state index is 10.4. The van der Waals surface area contributed by atoms with E-state index in [1.54, 1.807) is 11.3 Å². The quantitative estimate of drug-likeness (QED) is 0.862. The van der Waals surface area contributed by atoms with E-state index in [9.17, 15) is 5.11 Å². The van der Waals surface area contributed by atoms with Crippen molar-refractivity contribution in [2.75, 3.05) is 0 Å². The molecular weight excluding hydrogens is 308 g/mol. The van der Waals surface area contributed by atoms with Gasteiger partial charge in [0.1, 0.15) is 6.10 Å². The Labute approximate surface area is 121 Å². The van der Waals surface area contributed by atoms with Crippen LogP contribution in [0.2, 0.25) is 0 Å². The molecule has 1 heterocycles. The highest BCUT2D eigenvalue weighted by Gasteiger charge is 2.16. The highest BCUT2D eigenvalue weighted by molar-refractivity contribution is 9.10. The molecule has 1 atom stereocenters. The molecular formula is C15H17BrOS. The van der Waals surface area contributed by atoms with E-state index in [1.165, 1.54) is 11.1 Å². The molecule has 1 N–H and O–H groups in total. The SMILES string of the molecule is CCc1ccc(C(O)c2sccc2Br)cc1CC. The zero-order chi connectivity index (χ0) is 13.1. The lowest BCUT2D eigenvalue weighted by Crippen LogP contribution is -2.01. The van der Waals surface area contributed by atoms with Crippen molar-refractivity contribution in [3.8, 4) is 0 Å². The fourth-order valence-corrected chi connectivity index (χ4v) is 3.74. The Morgan fingerprint density at radius 3 is 2.44 bits per heavy atom. The molecule has 0 spiro atoms. The van der Waals surface area contributed by atoms with Gasteiger partial charge in [0.2, 0.25) is 0 Å². The summed E-state index contributed by atoms with van der Waals surface area (Å²) in [5.74, 6) is 0. The van der Waals surface area contributed by atoms with Crippen LogP contribution in [0.5, 0.6) is 0 Å². The minimum atomic E-state index is -0.532. The first-order valence-electron chi connectivity index (χ1n) is 6.20. The van der Waals surface area contributed by atoms with Crippen molar-refractivity contribution in [1.82, 2.24) is 0 Å². The molecule has 1 unspecified atom stereocenters. The first-order valence-corrected chi connectivity index (χ1v) is 7.87. The largest absolute Gasteiger partial charge is 0.383 e. The summed E-state index contributed by atoms with van der Waals surface area (Å²) >= 11 is 5.06. The molecule has 0 radical (unpaired) electrons. The Hall–Kier alpha value is -0.640. The zero-order valence-electron chi connectivity index (χ0n) is 10.6. The lowest BCUT2D eigenvalue weighted by atomic mass is 9.97. The van der Waals surface area contributed by atoms with Gasteiger partial charge in [0, 0.05) is 4.47 Å². The molecule has 96 valence electrons. The lowest BCUT2D eigenvalue weighted by Gasteiger charge is -2.13. The maximum Gasteiger partial charge on any atom is 0.114 e. The van der Waals surface area contributed by atoms with E-state index in [4.69, 9.17) is 0 Å². The first kappa shape index (κ1) is 13.8. The predicted molar refractivity (Wildman–Crippen MR) is 81.3 cm³/mol. The van der Waals surface area contributed by atoms with Gasteiger partial charge in [-0.3, -0.25) is 0 Å². The Balaban J connectivity index is 2.37. The summed E-state index contributed by atoms with van der Waals surface area (Å²) in [5, 5.41) is 12.4. The molecule has 2 rings (SSSR count). The van der Waals surface area contributed by atoms with Gasteiger partial charge in [-0.15, -0.1) is 11.3 Å². The lowest BCUT2D eigenvalue weighted by molar-refractivity contribution is 0.223. The third kappa shape index (κ3) is 2.68. The Morgan fingerprint density at radius 1 is 1.17 bits per heavy atom. The summed E-state index contributed by atoms with van der Waals surface area (Å²) in [6.45, 7) is 4.33. The second kappa shape index (κ2) is 6.00. The Morgan fingerprint density at radius 2 is 1.89 bits per heavy atom. The van der Waals surface area contributed by atoms with Crippen molar-refractivity contribution in [2.24, 2.45) is 0 Å². The van der Waals surface area contributed by atoms with Crippen LogP contribution in [0.3, 0.4) is 0 Å². The van der Waals surface area contributed by atoms with Crippen LogP contribution < -0.4 is 0 Å². The standard InChI is InChI=1S/C15H17BrOS/c1-3-10-5-6-12(9-11(10)4-2)14(17)15-13(16)7-8-18-15/h5-9,14,17H,3-4H2,1-2H3. The highest BCUT2D eigenvalue weighted by atomic mass is 79.9. The van der Waals surface area contributed by atoms with Crippen molar-refractivity contribution in [1.29, 1.82) is 0 Å². The maximum absolute atomic E-state index is 10.4. The van der Waals surface area contributed by atoms with Crippen LogP contribution in [0.1, 0.15) is 41.5 Å². The predicted octanol–water partition coefficient (Wildman–Crippen LogP) is 4.72. The van der Waals surface area contributed by atoms with Crippen LogP contribution in [-0.4, -0.2) is 5.11 Å². The average Bonchev–Trinajstić information content (AvgIpc) is 2.83. The van der Waals surface area contributed by atoms with Crippen molar-refractivity contribution in [2.45, 2.75) is 32.8 Å². The molecule has 18 heavy (non-hydrogen) atoms. The van der Waals surface area contributed by atoms with Crippen LogP contribution in [0, 0.1) is 0 Å². The minimum Gasteiger partial charge on any atom is -0.383 e. The number of thiophene rings is 1. The van der Waals surface area contributed by atoms with Gasteiger partial charge in [-0.25, -0.2) is 0 Å². The average molecular weight is 325 g/mol. The highest BCUT2D eigenvalue weighted by Crippen LogP contribution is 2.33. The van der Waals surface area contributed by atoms with E-state index in [2.05, 4.69) is 41.9 Å². The fourth-order valence-electron chi connectivity index (χ4n) is 2.14. The number of aryl methyl sites for hydroxylation is 2. The third-order valence-electron chi connectivity index (χ3n) is 3.20. The van der Waals surface area contributed by atoms with E-state index >= 15 is 0 Å². The summed E-state index contributed by atoms with van der Waals surface area (Å²) in [6.07, 6.45) is 1.52. The molecule has 0 fully saturated rings. The van der Waals surface area contributed by atoms with Gasteiger partial charge in [0.15, 0.2) is 0 Å². The number of rotatable bonds is 4. The Bertz CT molecular complexity index is 533. The summed E-state index contributed by atoms with van der Waals surface area (Å²) in [4.78, 5) is 0.973. The summed E-state index contributed by atoms with van der Waals surface area (Å²) < 4.78 is 0.984. The van der Waals surface area contributed by atoms with Crippen molar-refractivity contribution in [3.05, 3.63) is 55.7 Å². The molecule has 0 aliphatic heterocycles. The molecule has 1 aromatic heterocycles. The third-order valence-corrected chi connectivity index (χ3v) is 5.12. The van der Waals surface area contributed by atoms with Gasteiger partial charge in [0.05, 0.1) is 4.88 Å². The molecule has 0 amide bonds. The molecule has 0 saturated carbocycles. The monoisotopic (exact) mass is 324 g/mol. The van der Waals surface area contributed by atoms with Gasteiger partial charge in [0.25, 0.3) is 0 Å². The number of halogens is 1. The van der Waals surface area contributed by atoms with Gasteiger partial charge in [-0.05, 0) is 56.9 Å². The van der Waals surface area contributed by atoms with E-state index in [0.717, 1.165) is 27.8 Å². The van der Waals surface area contributed by atoms with E-state index in [-0.39, 0.29) is 0 Å². The number of benzene rings is 1. The topological polar surface area (TPSA) is 20.2 Å². The number of hydrogen-bond acceptors (Lipinski definition) is 2. The van der Waals surface area contributed by atoms with Gasteiger partial charge in [-0.1, -0.05) is 32.0 Å². The minimum absolute atomic E-state index is 0.532. The normalized spacial score (nSPS) is 12.7. The molecule has 2 aromatic rings. The van der Waals surface area contributed by atoms with Gasteiger partial charge < -0.3 is 5.11 Å². The summed E-state index contributed by atoms with van der Waals surface area (Å²) in [6, 6.07) is 8.29.